The summed E-state index contributed by atoms with van der Waals surface area (Å²) >= 11 is 0. The van der Waals surface area contributed by atoms with Gasteiger partial charge in [0.15, 0.2) is 0 Å². The first-order chi connectivity index (χ1) is 10.0. The van der Waals surface area contributed by atoms with Crippen molar-refractivity contribution in [2.45, 2.75) is 53.0 Å². The molecule has 0 saturated carbocycles. The molecule has 0 aliphatic carbocycles. The van der Waals surface area contributed by atoms with Crippen molar-refractivity contribution in [3.8, 4) is 11.3 Å². The molecular formula is C19H27NO. The molecule has 2 rings (SSSR count). The van der Waals surface area contributed by atoms with Gasteiger partial charge in [0.2, 0.25) is 0 Å². The molecule has 1 N–H and O–H groups in total. The van der Waals surface area contributed by atoms with Gasteiger partial charge in [-0.1, -0.05) is 52.8 Å². The Labute approximate surface area is 128 Å². The zero-order valence-corrected chi connectivity index (χ0v) is 13.9. The molecule has 0 saturated heterocycles. The van der Waals surface area contributed by atoms with E-state index in [1.807, 2.05) is 0 Å². The SMILES string of the molecule is CCNCc1ccc(-c2ccc(C(C)C)cc2C(C)C)o1. The van der Waals surface area contributed by atoms with Gasteiger partial charge in [0.05, 0.1) is 6.54 Å². The van der Waals surface area contributed by atoms with E-state index in [4.69, 9.17) is 4.42 Å². The van der Waals surface area contributed by atoms with Gasteiger partial charge in [-0.15, -0.1) is 0 Å². The summed E-state index contributed by atoms with van der Waals surface area (Å²) in [6, 6.07) is 10.9. The zero-order chi connectivity index (χ0) is 15.4. The Morgan fingerprint density at radius 1 is 1.00 bits per heavy atom. The van der Waals surface area contributed by atoms with Crippen molar-refractivity contribution in [3.05, 3.63) is 47.2 Å². The molecule has 0 aliphatic rings. The second kappa shape index (κ2) is 6.95. The maximum Gasteiger partial charge on any atom is 0.134 e. The quantitative estimate of drug-likeness (QED) is 0.778. The van der Waals surface area contributed by atoms with Crippen LogP contribution in [0.1, 0.15) is 63.3 Å². The largest absolute Gasteiger partial charge is 0.460 e. The van der Waals surface area contributed by atoms with Crippen molar-refractivity contribution in [3.63, 3.8) is 0 Å². The molecule has 0 bridgehead atoms. The fraction of sp³-hybridized carbons (Fsp3) is 0.474. The molecule has 0 spiro atoms. The molecule has 1 heterocycles. The Morgan fingerprint density at radius 2 is 1.76 bits per heavy atom. The van der Waals surface area contributed by atoms with Crippen LogP contribution in [0.4, 0.5) is 0 Å². The van der Waals surface area contributed by atoms with Crippen LogP contribution < -0.4 is 5.32 Å². The van der Waals surface area contributed by atoms with Crippen molar-refractivity contribution >= 4 is 0 Å². The average molecular weight is 285 g/mol. The summed E-state index contributed by atoms with van der Waals surface area (Å²) in [7, 11) is 0. The lowest BCUT2D eigenvalue weighted by atomic mass is 9.91. The van der Waals surface area contributed by atoms with Crippen LogP contribution in [0.15, 0.2) is 34.7 Å². The van der Waals surface area contributed by atoms with E-state index in [1.54, 1.807) is 0 Å². The maximum atomic E-state index is 6.00. The van der Waals surface area contributed by atoms with Gasteiger partial charge in [0.25, 0.3) is 0 Å². The van der Waals surface area contributed by atoms with Crippen LogP contribution in [-0.2, 0) is 6.54 Å². The Morgan fingerprint density at radius 3 is 2.38 bits per heavy atom. The third-order valence-electron chi connectivity index (χ3n) is 3.84. The van der Waals surface area contributed by atoms with Gasteiger partial charge in [-0.2, -0.15) is 0 Å². The third kappa shape index (κ3) is 3.76. The molecule has 2 nitrogen and oxygen atoms in total. The van der Waals surface area contributed by atoms with Crippen LogP contribution in [0.25, 0.3) is 11.3 Å². The molecule has 114 valence electrons. The number of hydrogen-bond acceptors (Lipinski definition) is 2. The van der Waals surface area contributed by atoms with Gasteiger partial charge >= 0.3 is 0 Å². The molecule has 0 atom stereocenters. The highest BCUT2D eigenvalue weighted by Gasteiger charge is 2.14. The second-order valence-electron chi connectivity index (χ2n) is 6.20. The minimum atomic E-state index is 0.487. The number of benzene rings is 1. The van der Waals surface area contributed by atoms with Gasteiger partial charge in [-0.3, -0.25) is 0 Å². The molecule has 0 fully saturated rings. The van der Waals surface area contributed by atoms with E-state index in [9.17, 15) is 0 Å². The van der Waals surface area contributed by atoms with Gasteiger partial charge in [0, 0.05) is 5.56 Å². The fourth-order valence-corrected chi connectivity index (χ4v) is 2.51. The van der Waals surface area contributed by atoms with Gasteiger partial charge in [-0.25, -0.2) is 0 Å². The smallest absolute Gasteiger partial charge is 0.134 e. The number of hydrogen-bond donors (Lipinski definition) is 1. The van der Waals surface area contributed by atoms with Gasteiger partial charge in [-0.05, 0) is 41.6 Å². The van der Waals surface area contributed by atoms with Crippen LogP contribution in [0, 0.1) is 0 Å². The minimum absolute atomic E-state index is 0.487. The Bertz CT molecular complexity index is 581. The molecule has 2 heteroatoms. The lowest BCUT2D eigenvalue weighted by molar-refractivity contribution is 0.498. The molecular weight excluding hydrogens is 258 g/mol. The lowest BCUT2D eigenvalue weighted by Gasteiger charge is -2.15. The van der Waals surface area contributed by atoms with E-state index in [0.717, 1.165) is 24.6 Å². The van der Waals surface area contributed by atoms with Crippen molar-refractivity contribution < 1.29 is 4.42 Å². The maximum absolute atomic E-state index is 6.00. The Kier molecular flexibility index (Phi) is 5.24. The molecule has 0 aliphatic heterocycles. The van der Waals surface area contributed by atoms with E-state index in [-0.39, 0.29) is 0 Å². The van der Waals surface area contributed by atoms with E-state index in [2.05, 4.69) is 70.3 Å². The molecule has 21 heavy (non-hydrogen) atoms. The monoisotopic (exact) mass is 285 g/mol. The summed E-state index contributed by atoms with van der Waals surface area (Å²) in [6.07, 6.45) is 0. The minimum Gasteiger partial charge on any atom is -0.460 e. The molecule has 2 aromatic rings. The van der Waals surface area contributed by atoms with E-state index in [1.165, 1.54) is 16.7 Å². The Balaban J connectivity index is 2.36. The van der Waals surface area contributed by atoms with Crippen LogP contribution in [0.3, 0.4) is 0 Å². The van der Waals surface area contributed by atoms with Crippen LogP contribution in [0.5, 0.6) is 0 Å². The normalized spacial score (nSPS) is 11.6. The summed E-state index contributed by atoms with van der Waals surface area (Å²) in [4.78, 5) is 0. The first-order valence-corrected chi connectivity index (χ1v) is 7.96. The lowest BCUT2D eigenvalue weighted by Crippen LogP contribution is -2.10. The predicted octanol–water partition coefficient (Wildman–Crippen LogP) is 5.30. The predicted molar refractivity (Wildman–Crippen MR) is 89.7 cm³/mol. The highest BCUT2D eigenvalue weighted by Crippen LogP contribution is 2.33. The number of nitrogens with one attached hydrogen (secondary N) is 1. The van der Waals surface area contributed by atoms with Gasteiger partial charge in [0.1, 0.15) is 11.5 Å². The topological polar surface area (TPSA) is 25.2 Å². The second-order valence-corrected chi connectivity index (χ2v) is 6.20. The summed E-state index contributed by atoms with van der Waals surface area (Å²) in [6.45, 7) is 12.8. The third-order valence-corrected chi connectivity index (χ3v) is 3.84. The Hall–Kier alpha value is -1.54. The summed E-state index contributed by atoms with van der Waals surface area (Å²) in [5.74, 6) is 3.01. The highest BCUT2D eigenvalue weighted by molar-refractivity contribution is 5.64. The highest BCUT2D eigenvalue weighted by atomic mass is 16.3. The summed E-state index contributed by atoms with van der Waals surface area (Å²) in [5.41, 5.74) is 3.98. The number of furan rings is 1. The van der Waals surface area contributed by atoms with Crippen molar-refractivity contribution in [1.29, 1.82) is 0 Å². The first kappa shape index (κ1) is 15.8. The first-order valence-electron chi connectivity index (χ1n) is 7.96. The van der Waals surface area contributed by atoms with Crippen molar-refractivity contribution in [2.75, 3.05) is 6.54 Å². The fourth-order valence-electron chi connectivity index (χ4n) is 2.51. The van der Waals surface area contributed by atoms with Crippen molar-refractivity contribution in [2.24, 2.45) is 0 Å². The summed E-state index contributed by atoms with van der Waals surface area (Å²) < 4.78 is 6.00. The van der Waals surface area contributed by atoms with Crippen LogP contribution in [0.2, 0.25) is 0 Å². The zero-order valence-electron chi connectivity index (χ0n) is 13.9. The van der Waals surface area contributed by atoms with Gasteiger partial charge < -0.3 is 9.73 Å². The van der Waals surface area contributed by atoms with Crippen molar-refractivity contribution in [1.82, 2.24) is 5.32 Å². The molecule has 0 amide bonds. The van der Waals surface area contributed by atoms with Crippen LogP contribution >= 0.6 is 0 Å². The summed E-state index contributed by atoms with van der Waals surface area (Å²) in [5, 5.41) is 3.30. The van der Waals surface area contributed by atoms with E-state index < -0.39 is 0 Å². The standard InChI is InChI=1S/C19H27NO/c1-6-20-12-16-8-10-19(21-16)17-9-7-15(13(2)3)11-18(17)14(4)5/h7-11,13-14,20H,6,12H2,1-5H3. The molecule has 1 aromatic heterocycles. The van der Waals surface area contributed by atoms with E-state index >= 15 is 0 Å². The van der Waals surface area contributed by atoms with E-state index in [0.29, 0.717) is 11.8 Å². The molecule has 1 aromatic carbocycles. The average Bonchev–Trinajstić information content (AvgIpc) is 2.92. The molecule has 0 radical (unpaired) electrons. The number of rotatable bonds is 6. The van der Waals surface area contributed by atoms with Crippen LogP contribution in [-0.4, -0.2) is 6.54 Å². The molecule has 0 unspecified atom stereocenters.